The number of hydrogen-bond donors (Lipinski definition) is 2. The van der Waals surface area contributed by atoms with Crippen molar-refractivity contribution in [1.82, 2.24) is 10.4 Å². The first-order valence-electron chi connectivity index (χ1n) is 5.24. The molecule has 17 heavy (non-hydrogen) atoms. The van der Waals surface area contributed by atoms with E-state index in [-0.39, 0.29) is 11.8 Å². The molecule has 2 heterocycles. The quantitative estimate of drug-likeness (QED) is 0.783. The van der Waals surface area contributed by atoms with Crippen molar-refractivity contribution < 1.29 is 9.59 Å². The van der Waals surface area contributed by atoms with Gasteiger partial charge in [0.2, 0.25) is 5.91 Å². The van der Waals surface area contributed by atoms with Crippen molar-refractivity contribution >= 4 is 23.2 Å². The summed E-state index contributed by atoms with van der Waals surface area (Å²) in [5.41, 5.74) is 4.11. The van der Waals surface area contributed by atoms with Gasteiger partial charge in [0.1, 0.15) is 5.71 Å². The second-order valence-electron chi connectivity index (χ2n) is 3.73. The number of nitrogens with zero attached hydrogens (tertiary/aromatic N) is 2. The molecule has 1 aromatic heterocycles. The molecule has 0 aromatic carbocycles. The Balaban J connectivity index is 2.04. The molecular weight excluding hydrogens is 220 g/mol. The average molecular weight is 232 g/mol. The number of carbonyl (C=O) groups excluding carboxylic acids is 2. The van der Waals surface area contributed by atoms with E-state index < -0.39 is 0 Å². The first-order chi connectivity index (χ1) is 8.15. The number of anilines is 1. The van der Waals surface area contributed by atoms with Gasteiger partial charge in [0.15, 0.2) is 0 Å². The van der Waals surface area contributed by atoms with E-state index in [2.05, 4.69) is 20.8 Å². The van der Waals surface area contributed by atoms with Crippen LogP contribution < -0.4 is 10.7 Å². The highest BCUT2D eigenvalue weighted by Gasteiger charge is 2.18. The number of hydrazone groups is 1. The number of pyridine rings is 1. The summed E-state index contributed by atoms with van der Waals surface area (Å²) in [5.74, 6) is -0.461. The van der Waals surface area contributed by atoms with E-state index in [1.165, 1.54) is 0 Å². The maximum atomic E-state index is 11.8. The lowest BCUT2D eigenvalue weighted by molar-refractivity contribution is -0.121. The predicted octanol–water partition coefficient (Wildman–Crippen LogP) is 0.595. The Morgan fingerprint density at radius 1 is 1.47 bits per heavy atom. The lowest BCUT2D eigenvalue weighted by Crippen LogP contribution is -2.32. The van der Waals surface area contributed by atoms with Gasteiger partial charge in [0.25, 0.3) is 5.91 Å². The Bertz CT molecular complexity index is 496. The van der Waals surface area contributed by atoms with Crippen molar-refractivity contribution in [2.75, 3.05) is 5.32 Å². The van der Waals surface area contributed by atoms with Gasteiger partial charge in [-0.3, -0.25) is 14.6 Å². The van der Waals surface area contributed by atoms with Crippen LogP contribution in [0.25, 0.3) is 0 Å². The van der Waals surface area contributed by atoms with Crippen LogP contribution in [0.1, 0.15) is 18.5 Å². The average Bonchev–Trinajstić information content (AvgIpc) is 2.29. The van der Waals surface area contributed by atoms with Crippen molar-refractivity contribution in [2.24, 2.45) is 5.10 Å². The molecule has 6 nitrogen and oxygen atoms in total. The highest BCUT2D eigenvalue weighted by atomic mass is 16.2. The normalized spacial score (nSPS) is 14.9. The SMILES string of the molecule is Cc1cc(NC(=O)C2=NNC(=O)CC2)ccn1. The monoisotopic (exact) mass is 232 g/mol. The zero-order valence-corrected chi connectivity index (χ0v) is 9.36. The highest BCUT2D eigenvalue weighted by Crippen LogP contribution is 2.08. The molecule has 0 saturated carbocycles. The zero-order chi connectivity index (χ0) is 12.3. The number of nitrogens with one attached hydrogen (secondary N) is 2. The third kappa shape index (κ3) is 2.87. The molecule has 2 amide bonds. The van der Waals surface area contributed by atoms with E-state index in [0.29, 0.717) is 24.2 Å². The van der Waals surface area contributed by atoms with Crippen molar-refractivity contribution in [3.05, 3.63) is 24.0 Å². The van der Waals surface area contributed by atoms with E-state index in [1.807, 2.05) is 6.92 Å². The Labute approximate surface area is 98.1 Å². The van der Waals surface area contributed by atoms with Gasteiger partial charge in [0, 0.05) is 30.4 Å². The fourth-order valence-electron chi connectivity index (χ4n) is 1.46. The fourth-order valence-corrected chi connectivity index (χ4v) is 1.46. The van der Waals surface area contributed by atoms with Crippen LogP contribution in [0.2, 0.25) is 0 Å². The second kappa shape index (κ2) is 4.73. The first-order valence-corrected chi connectivity index (χ1v) is 5.24. The first kappa shape index (κ1) is 11.3. The Kier molecular flexibility index (Phi) is 3.13. The molecule has 88 valence electrons. The molecule has 0 aliphatic carbocycles. The molecule has 1 aliphatic heterocycles. The van der Waals surface area contributed by atoms with Crippen LogP contribution in [0, 0.1) is 6.92 Å². The van der Waals surface area contributed by atoms with Crippen LogP contribution in [0.4, 0.5) is 5.69 Å². The van der Waals surface area contributed by atoms with Gasteiger partial charge in [-0.2, -0.15) is 5.10 Å². The van der Waals surface area contributed by atoms with Gasteiger partial charge < -0.3 is 5.32 Å². The van der Waals surface area contributed by atoms with E-state index >= 15 is 0 Å². The number of carbonyl (C=O) groups is 2. The maximum Gasteiger partial charge on any atom is 0.271 e. The van der Waals surface area contributed by atoms with Crippen LogP contribution in [0.5, 0.6) is 0 Å². The van der Waals surface area contributed by atoms with Crippen LogP contribution >= 0.6 is 0 Å². The minimum absolute atomic E-state index is 0.165. The maximum absolute atomic E-state index is 11.8. The van der Waals surface area contributed by atoms with Gasteiger partial charge in [-0.15, -0.1) is 0 Å². The number of hydrogen-bond acceptors (Lipinski definition) is 4. The Morgan fingerprint density at radius 2 is 2.29 bits per heavy atom. The molecule has 0 bridgehead atoms. The van der Waals surface area contributed by atoms with E-state index in [4.69, 9.17) is 0 Å². The fraction of sp³-hybridized carbons (Fsp3) is 0.273. The summed E-state index contributed by atoms with van der Waals surface area (Å²) in [6.07, 6.45) is 2.28. The standard InChI is InChI=1S/C11H12N4O2/c1-7-6-8(4-5-12-7)13-11(17)9-2-3-10(16)15-14-9/h4-6H,2-3H2,1H3,(H,15,16)(H,12,13,17). The van der Waals surface area contributed by atoms with Crippen molar-refractivity contribution in [3.8, 4) is 0 Å². The molecule has 6 heteroatoms. The third-order valence-corrected chi connectivity index (χ3v) is 2.32. The summed E-state index contributed by atoms with van der Waals surface area (Å²) in [5, 5.41) is 6.42. The lowest BCUT2D eigenvalue weighted by Gasteiger charge is -2.11. The van der Waals surface area contributed by atoms with Crippen LogP contribution in [0.3, 0.4) is 0 Å². The van der Waals surface area contributed by atoms with Gasteiger partial charge in [-0.25, -0.2) is 5.43 Å². The largest absolute Gasteiger partial charge is 0.321 e. The smallest absolute Gasteiger partial charge is 0.271 e. The summed E-state index contributed by atoms with van der Waals surface area (Å²) >= 11 is 0. The summed E-state index contributed by atoms with van der Waals surface area (Å²) < 4.78 is 0. The molecule has 1 aromatic rings. The second-order valence-corrected chi connectivity index (χ2v) is 3.73. The topological polar surface area (TPSA) is 83.5 Å². The van der Waals surface area contributed by atoms with E-state index in [0.717, 1.165) is 5.69 Å². The minimum atomic E-state index is -0.296. The predicted molar refractivity (Wildman–Crippen MR) is 62.4 cm³/mol. The minimum Gasteiger partial charge on any atom is -0.321 e. The highest BCUT2D eigenvalue weighted by molar-refractivity contribution is 6.43. The number of rotatable bonds is 2. The van der Waals surface area contributed by atoms with Crippen LogP contribution in [-0.2, 0) is 9.59 Å². The summed E-state index contributed by atoms with van der Waals surface area (Å²) in [7, 11) is 0. The van der Waals surface area contributed by atoms with Crippen LogP contribution in [0.15, 0.2) is 23.4 Å². The summed E-state index contributed by atoms with van der Waals surface area (Å²) in [6.45, 7) is 1.84. The molecule has 0 fully saturated rings. The molecule has 0 atom stereocenters. The van der Waals surface area contributed by atoms with E-state index in [1.54, 1.807) is 18.3 Å². The van der Waals surface area contributed by atoms with Gasteiger partial charge in [-0.05, 0) is 19.1 Å². The Morgan fingerprint density at radius 3 is 2.94 bits per heavy atom. The summed E-state index contributed by atoms with van der Waals surface area (Å²) in [6, 6.07) is 3.47. The lowest BCUT2D eigenvalue weighted by atomic mass is 10.1. The molecule has 2 N–H and O–H groups in total. The van der Waals surface area contributed by atoms with Gasteiger partial charge in [0.05, 0.1) is 0 Å². The molecule has 2 rings (SSSR count). The van der Waals surface area contributed by atoms with Crippen molar-refractivity contribution in [3.63, 3.8) is 0 Å². The van der Waals surface area contributed by atoms with Crippen molar-refractivity contribution in [2.45, 2.75) is 19.8 Å². The molecule has 1 aliphatic rings. The molecule has 0 spiro atoms. The Hall–Kier alpha value is -2.24. The van der Waals surface area contributed by atoms with E-state index in [9.17, 15) is 9.59 Å². The molecule has 0 saturated heterocycles. The molecule has 0 radical (unpaired) electrons. The zero-order valence-electron chi connectivity index (χ0n) is 9.36. The third-order valence-electron chi connectivity index (χ3n) is 2.32. The number of amides is 2. The number of aromatic nitrogens is 1. The van der Waals surface area contributed by atoms with Crippen LogP contribution in [-0.4, -0.2) is 22.5 Å². The molecular formula is C11H12N4O2. The van der Waals surface area contributed by atoms with Gasteiger partial charge in [-0.1, -0.05) is 0 Å². The molecule has 0 unspecified atom stereocenters. The summed E-state index contributed by atoms with van der Waals surface area (Å²) in [4.78, 5) is 26.7. The van der Waals surface area contributed by atoms with Crippen molar-refractivity contribution in [1.29, 1.82) is 0 Å². The van der Waals surface area contributed by atoms with Gasteiger partial charge >= 0.3 is 0 Å². The number of aryl methyl sites for hydroxylation is 1.